The van der Waals surface area contributed by atoms with Crippen molar-refractivity contribution in [3.63, 3.8) is 0 Å². The lowest BCUT2D eigenvalue weighted by Gasteiger charge is -2.18. The van der Waals surface area contributed by atoms with Crippen LogP contribution in [0.5, 0.6) is 0 Å². The van der Waals surface area contributed by atoms with Crippen LogP contribution in [0, 0.1) is 0 Å². The van der Waals surface area contributed by atoms with Crippen LogP contribution in [0.4, 0.5) is 0 Å². The van der Waals surface area contributed by atoms with E-state index in [9.17, 15) is 4.79 Å². The zero-order chi connectivity index (χ0) is 16.9. The Kier molecular flexibility index (Phi) is 4.96. The van der Waals surface area contributed by atoms with Gasteiger partial charge in [-0.25, -0.2) is 0 Å². The van der Waals surface area contributed by atoms with Gasteiger partial charge in [-0.2, -0.15) is 5.10 Å². The Morgan fingerprint density at radius 1 is 1.08 bits per heavy atom. The Balaban J connectivity index is 1.92. The van der Waals surface area contributed by atoms with E-state index >= 15 is 0 Å². The van der Waals surface area contributed by atoms with Crippen LogP contribution in [-0.4, -0.2) is 23.2 Å². The molecule has 0 aliphatic heterocycles. The van der Waals surface area contributed by atoms with Crippen molar-refractivity contribution in [2.75, 3.05) is 7.05 Å². The smallest absolute Gasteiger partial charge is 0.220 e. The van der Waals surface area contributed by atoms with Gasteiger partial charge in [0.1, 0.15) is 0 Å². The van der Waals surface area contributed by atoms with Crippen LogP contribution >= 0.6 is 11.6 Å². The second-order valence-electron chi connectivity index (χ2n) is 5.59. The number of aromatic nitrogens is 2. The highest BCUT2D eigenvalue weighted by molar-refractivity contribution is 6.30. The fourth-order valence-electron chi connectivity index (χ4n) is 2.73. The van der Waals surface area contributed by atoms with Gasteiger partial charge in [0.2, 0.25) is 5.91 Å². The molecular formula is C19H18ClN3O. The van der Waals surface area contributed by atoms with Crippen LogP contribution in [-0.2, 0) is 4.79 Å². The molecule has 24 heavy (non-hydrogen) atoms. The average molecular weight is 340 g/mol. The minimum Gasteiger partial charge on any atom is -0.359 e. The summed E-state index contributed by atoms with van der Waals surface area (Å²) in [5.41, 5.74) is 4.28. The van der Waals surface area contributed by atoms with Gasteiger partial charge < -0.3 is 5.32 Å². The molecular weight excluding hydrogens is 322 g/mol. The summed E-state index contributed by atoms with van der Waals surface area (Å²) in [7, 11) is 1.66. The minimum atomic E-state index is -0.0133. The Hall–Kier alpha value is -2.59. The number of nitrogens with zero attached hydrogens (tertiary/aromatic N) is 1. The molecule has 1 amide bonds. The van der Waals surface area contributed by atoms with Crippen molar-refractivity contribution < 1.29 is 4.79 Å². The highest BCUT2D eigenvalue weighted by atomic mass is 35.5. The number of H-pyrrole nitrogens is 1. The topological polar surface area (TPSA) is 57.8 Å². The first kappa shape index (κ1) is 16.3. The number of amides is 1. The van der Waals surface area contributed by atoms with Crippen LogP contribution in [0.25, 0.3) is 11.1 Å². The molecule has 0 saturated heterocycles. The molecule has 122 valence electrons. The third-order valence-electron chi connectivity index (χ3n) is 4.09. The second-order valence-corrected chi connectivity index (χ2v) is 6.03. The van der Waals surface area contributed by atoms with Gasteiger partial charge >= 0.3 is 0 Å². The van der Waals surface area contributed by atoms with Crippen molar-refractivity contribution in [3.05, 3.63) is 77.1 Å². The summed E-state index contributed by atoms with van der Waals surface area (Å²) >= 11 is 5.99. The van der Waals surface area contributed by atoms with E-state index in [2.05, 4.69) is 27.6 Å². The Bertz CT molecular complexity index is 796. The third kappa shape index (κ3) is 3.66. The molecule has 1 unspecified atom stereocenters. The van der Waals surface area contributed by atoms with E-state index in [1.165, 1.54) is 0 Å². The zero-order valence-electron chi connectivity index (χ0n) is 13.3. The normalized spacial score (nSPS) is 11.9. The maximum atomic E-state index is 11.9. The molecule has 3 rings (SSSR count). The van der Waals surface area contributed by atoms with Gasteiger partial charge in [-0.15, -0.1) is 0 Å². The molecule has 3 aromatic rings. The largest absolute Gasteiger partial charge is 0.359 e. The fourth-order valence-corrected chi connectivity index (χ4v) is 2.85. The Morgan fingerprint density at radius 3 is 2.25 bits per heavy atom. The molecule has 5 heteroatoms. The second kappa shape index (κ2) is 7.32. The quantitative estimate of drug-likeness (QED) is 0.738. The van der Waals surface area contributed by atoms with Crippen molar-refractivity contribution >= 4 is 17.5 Å². The monoisotopic (exact) mass is 339 g/mol. The lowest BCUT2D eigenvalue weighted by molar-refractivity contribution is -0.120. The zero-order valence-corrected chi connectivity index (χ0v) is 14.0. The predicted molar refractivity (Wildman–Crippen MR) is 96.0 cm³/mol. The van der Waals surface area contributed by atoms with Gasteiger partial charge in [-0.3, -0.25) is 9.89 Å². The molecule has 0 aliphatic rings. The maximum Gasteiger partial charge on any atom is 0.220 e. The van der Waals surface area contributed by atoms with Crippen LogP contribution in [0.2, 0.25) is 5.02 Å². The van der Waals surface area contributed by atoms with Crippen molar-refractivity contribution in [2.45, 2.75) is 12.3 Å². The van der Waals surface area contributed by atoms with Gasteiger partial charge in [0.15, 0.2) is 0 Å². The number of carbonyl (C=O) groups excluding carboxylic acids is 1. The van der Waals surface area contributed by atoms with Crippen LogP contribution < -0.4 is 5.32 Å². The molecule has 0 saturated carbocycles. The summed E-state index contributed by atoms with van der Waals surface area (Å²) in [6.07, 6.45) is 4.04. The molecule has 2 N–H and O–H groups in total. The number of nitrogens with one attached hydrogen (secondary N) is 2. The van der Waals surface area contributed by atoms with Crippen molar-refractivity contribution in [1.82, 2.24) is 15.5 Å². The third-order valence-corrected chi connectivity index (χ3v) is 4.34. The van der Waals surface area contributed by atoms with Gasteiger partial charge in [-0.05, 0) is 28.8 Å². The van der Waals surface area contributed by atoms with Gasteiger partial charge in [-0.1, -0.05) is 48.0 Å². The number of aromatic amines is 1. The van der Waals surface area contributed by atoms with E-state index < -0.39 is 0 Å². The molecule has 0 bridgehead atoms. The molecule has 0 aliphatic carbocycles. The molecule has 4 nitrogen and oxygen atoms in total. The Labute approximate surface area is 145 Å². The van der Waals surface area contributed by atoms with Crippen LogP contribution in [0.3, 0.4) is 0 Å². The molecule has 1 heterocycles. The number of carbonyl (C=O) groups is 1. The summed E-state index contributed by atoms with van der Waals surface area (Å²) < 4.78 is 0. The first-order valence-corrected chi connectivity index (χ1v) is 8.10. The maximum absolute atomic E-state index is 11.9. The molecule has 0 radical (unpaired) electrons. The molecule has 0 fully saturated rings. The Morgan fingerprint density at radius 2 is 1.71 bits per heavy atom. The molecule has 1 atom stereocenters. The summed E-state index contributed by atoms with van der Waals surface area (Å²) in [5.74, 6) is -0.00511. The fraction of sp³-hybridized carbons (Fsp3) is 0.158. The van der Waals surface area contributed by atoms with Crippen LogP contribution in [0.1, 0.15) is 23.5 Å². The average Bonchev–Trinajstić information content (AvgIpc) is 3.15. The predicted octanol–water partition coefficient (Wildman–Crippen LogP) is 4.00. The minimum absolute atomic E-state index is 0.00820. The first-order chi connectivity index (χ1) is 11.7. The SMILES string of the molecule is CNC(=O)CC(c1ccc(Cl)cc1)c1ccc(-c2cn[nH]c2)cc1. The van der Waals surface area contributed by atoms with E-state index in [-0.39, 0.29) is 11.8 Å². The summed E-state index contributed by atoms with van der Waals surface area (Å²) in [4.78, 5) is 11.9. The number of halogens is 1. The molecule has 2 aromatic carbocycles. The van der Waals surface area contributed by atoms with Crippen molar-refractivity contribution in [1.29, 1.82) is 0 Å². The van der Waals surface area contributed by atoms with Crippen molar-refractivity contribution in [3.8, 4) is 11.1 Å². The van der Waals surface area contributed by atoms with E-state index in [1.54, 1.807) is 13.2 Å². The highest BCUT2D eigenvalue weighted by Gasteiger charge is 2.18. The van der Waals surface area contributed by atoms with Gasteiger partial charge in [0.25, 0.3) is 0 Å². The van der Waals surface area contributed by atoms with E-state index in [4.69, 9.17) is 11.6 Å². The highest BCUT2D eigenvalue weighted by Crippen LogP contribution is 2.30. The summed E-state index contributed by atoms with van der Waals surface area (Å²) in [6.45, 7) is 0. The summed E-state index contributed by atoms with van der Waals surface area (Å²) in [5, 5.41) is 10.2. The van der Waals surface area contributed by atoms with E-state index in [0.717, 1.165) is 22.3 Å². The van der Waals surface area contributed by atoms with Gasteiger partial charge in [0.05, 0.1) is 6.20 Å². The number of rotatable bonds is 5. The lowest BCUT2D eigenvalue weighted by atomic mass is 9.87. The first-order valence-electron chi connectivity index (χ1n) is 7.72. The number of benzene rings is 2. The summed E-state index contributed by atoms with van der Waals surface area (Å²) in [6, 6.07) is 15.9. The number of hydrogen-bond donors (Lipinski definition) is 2. The van der Waals surface area contributed by atoms with Gasteiger partial charge in [0, 0.05) is 36.2 Å². The molecule has 1 aromatic heterocycles. The molecule has 0 spiro atoms. The number of hydrogen-bond acceptors (Lipinski definition) is 2. The van der Waals surface area contributed by atoms with E-state index in [0.29, 0.717) is 11.4 Å². The standard InChI is InChI=1S/C19H18ClN3O/c1-21-19(24)10-18(15-6-8-17(20)9-7-15)14-4-2-13(3-5-14)16-11-22-23-12-16/h2-9,11-12,18H,10H2,1H3,(H,21,24)(H,22,23). The van der Waals surface area contributed by atoms with Crippen LogP contribution in [0.15, 0.2) is 60.9 Å². The lowest BCUT2D eigenvalue weighted by Crippen LogP contribution is -2.21. The van der Waals surface area contributed by atoms with E-state index in [1.807, 2.05) is 42.6 Å². The van der Waals surface area contributed by atoms with Crippen molar-refractivity contribution in [2.24, 2.45) is 0 Å².